The van der Waals surface area contributed by atoms with E-state index < -0.39 is 10.0 Å². The lowest BCUT2D eigenvalue weighted by Gasteiger charge is -2.30. The van der Waals surface area contributed by atoms with Crippen molar-refractivity contribution in [2.45, 2.75) is 31.7 Å². The molecular formula is C20H26N6O3S. The number of sulfonamides is 1. The Kier molecular flexibility index (Phi) is 5.87. The number of carbonyl (C=O) groups is 1. The zero-order valence-corrected chi connectivity index (χ0v) is 17.8. The number of pyridine rings is 1. The number of hydrogen-bond donors (Lipinski definition) is 1. The second-order valence-corrected chi connectivity index (χ2v) is 9.63. The highest BCUT2D eigenvalue weighted by Gasteiger charge is 2.30. The van der Waals surface area contributed by atoms with Crippen LogP contribution in [0.3, 0.4) is 0 Å². The molecule has 1 fully saturated rings. The summed E-state index contributed by atoms with van der Waals surface area (Å²) in [6.45, 7) is 2.23. The van der Waals surface area contributed by atoms with Crippen molar-refractivity contribution in [2.24, 2.45) is 0 Å². The lowest BCUT2D eigenvalue weighted by molar-refractivity contribution is 0.0949. The molecule has 0 aromatic carbocycles. The Morgan fingerprint density at radius 3 is 2.93 bits per heavy atom. The minimum atomic E-state index is -3.25. The summed E-state index contributed by atoms with van der Waals surface area (Å²) < 4.78 is 29.4. The molecular weight excluding hydrogens is 404 g/mol. The van der Waals surface area contributed by atoms with Crippen LogP contribution in [0.15, 0.2) is 43.1 Å². The number of hydrogen-bond acceptors (Lipinski definition) is 5. The molecule has 10 heteroatoms. The largest absolute Gasteiger partial charge is 0.351 e. The maximum Gasteiger partial charge on any atom is 0.272 e. The number of rotatable bonds is 7. The molecule has 0 saturated carbocycles. The number of aryl methyl sites for hydroxylation is 1. The first kappa shape index (κ1) is 20.5. The number of nitrogens with zero attached hydrogens (tertiary/aromatic N) is 5. The third-order valence-corrected chi connectivity index (χ3v) is 6.72. The summed E-state index contributed by atoms with van der Waals surface area (Å²) in [6, 6.07) is 5.64. The molecule has 0 bridgehead atoms. The Hall–Kier alpha value is -2.72. The molecule has 30 heavy (non-hydrogen) atoms. The maximum absolute atomic E-state index is 12.8. The number of nitrogens with one attached hydrogen (secondary N) is 1. The van der Waals surface area contributed by atoms with Crippen LogP contribution in [0.25, 0.3) is 5.52 Å². The maximum atomic E-state index is 12.8. The molecule has 1 saturated heterocycles. The van der Waals surface area contributed by atoms with Gasteiger partial charge >= 0.3 is 0 Å². The zero-order valence-electron chi connectivity index (χ0n) is 16.9. The molecule has 160 valence electrons. The van der Waals surface area contributed by atoms with Gasteiger partial charge in [-0.25, -0.2) is 22.7 Å². The average molecular weight is 431 g/mol. The van der Waals surface area contributed by atoms with Crippen molar-refractivity contribution in [3.8, 4) is 0 Å². The van der Waals surface area contributed by atoms with Gasteiger partial charge in [0.2, 0.25) is 10.0 Å². The van der Waals surface area contributed by atoms with Gasteiger partial charge in [0, 0.05) is 50.7 Å². The molecule has 1 N–H and O–H groups in total. The van der Waals surface area contributed by atoms with E-state index in [0.29, 0.717) is 25.3 Å². The Labute approximate surface area is 175 Å². The van der Waals surface area contributed by atoms with Gasteiger partial charge in [0.1, 0.15) is 5.82 Å². The molecule has 4 heterocycles. The fourth-order valence-electron chi connectivity index (χ4n) is 3.94. The average Bonchev–Trinajstić information content (AvgIpc) is 3.38. The summed E-state index contributed by atoms with van der Waals surface area (Å²) in [5.74, 6) is 0.472. The van der Waals surface area contributed by atoms with Crippen molar-refractivity contribution in [3.63, 3.8) is 0 Å². The fraction of sp³-hybridized carbons (Fsp3) is 0.450. The van der Waals surface area contributed by atoms with Crippen LogP contribution in [-0.4, -0.2) is 63.5 Å². The van der Waals surface area contributed by atoms with Crippen LogP contribution < -0.4 is 5.32 Å². The van der Waals surface area contributed by atoms with Crippen LogP contribution in [0.4, 0.5) is 0 Å². The lowest BCUT2D eigenvalue weighted by Crippen LogP contribution is -2.38. The van der Waals surface area contributed by atoms with E-state index in [4.69, 9.17) is 0 Å². The van der Waals surface area contributed by atoms with E-state index in [0.717, 1.165) is 37.1 Å². The van der Waals surface area contributed by atoms with E-state index in [1.54, 1.807) is 12.5 Å². The minimum absolute atomic E-state index is 0.0498. The van der Waals surface area contributed by atoms with E-state index in [2.05, 4.69) is 15.3 Å². The van der Waals surface area contributed by atoms with Gasteiger partial charge in [-0.2, -0.15) is 0 Å². The molecule has 4 rings (SSSR count). The summed E-state index contributed by atoms with van der Waals surface area (Å²) in [4.78, 5) is 21.5. The van der Waals surface area contributed by atoms with E-state index in [-0.39, 0.29) is 11.8 Å². The van der Waals surface area contributed by atoms with Gasteiger partial charge in [-0.3, -0.25) is 4.79 Å². The van der Waals surface area contributed by atoms with Crippen molar-refractivity contribution in [1.82, 2.24) is 28.6 Å². The zero-order chi connectivity index (χ0) is 21.1. The standard InChI is InChI=1S/C20H26N6O3S/c1-30(28,29)25-11-4-6-16(14-25)19-23-18(17-7-2-3-12-26(17)19)20(27)22-8-5-10-24-13-9-21-15-24/h2-3,7,9,12-13,15-16H,4-6,8,10-11,14H2,1H3,(H,22,27)/t16-/m0/s1. The summed E-state index contributed by atoms with van der Waals surface area (Å²) in [5, 5.41) is 2.95. The van der Waals surface area contributed by atoms with E-state index >= 15 is 0 Å². The van der Waals surface area contributed by atoms with Crippen molar-refractivity contribution in [2.75, 3.05) is 25.9 Å². The van der Waals surface area contributed by atoms with E-state index in [1.165, 1.54) is 10.6 Å². The molecule has 1 amide bonds. The highest BCUT2D eigenvalue weighted by molar-refractivity contribution is 7.88. The molecule has 1 atom stereocenters. The van der Waals surface area contributed by atoms with Crippen LogP contribution in [-0.2, 0) is 16.6 Å². The van der Waals surface area contributed by atoms with Crippen LogP contribution in [0, 0.1) is 0 Å². The van der Waals surface area contributed by atoms with Crippen LogP contribution in [0.1, 0.15) is 41.5 Å². The van der Waals surface area contributed by atoms with Gasteiger partial charge in [-0.1, -0.05) is 6.07 Å². The molecule has 0 radical (unpaired) electrons. The number of fused-ring (bicyclic) bond motifs is 1. The van der Waals surface area contributed by atoms with Crippen LogP contribution >= 0.6 is 0 Å². The van der Waals surface area contributed by atoms with Gasteiger partial charge < -0.3 is 14.3 Å². The van der Waals surface area contributed by atoms with Crippen molar-refractivity contribution >= 4 is 21.4 Å². The predicted octanol–water partition coefficient (Wildman–Crippen LogP) is 1.49. The number of amides is 1. The van der Waals surface area contributed by atoms with Crippen molar-refractivity contribution < 1.29 is 13.2 Å². The van der Waals surface area contributed by atoms with E-state index in [1.807, 2.05) is 39.6 Å². The van der Waals surface area contributed by atoms with Gasteiger partial charge in [-0.15, -0.1) is 0 Å². The monoisotopic (exact) mass is 430 g/mol. The topological polar surface area (TPSA) is 102 Å². The lowest BCUT2D eigenvalue weighted by atomic mass is 9.99. The number of carbonyl (C=O) groups excluding carboxylic acids is 1. The molecule has 1 aliphatic rings. The van der Waals surface area contributed by atoms with E-state index in [9.17, 15) is 13.2 Å². The Balaban J connectivity index is 1.51. The normalized spacial score (nSPS) is 18.0. The summed E-state index contributed by atoms with van der Waals surface area (Å²) in [7, 11) is -3.25. The highest BCUT2D eigenvalue weighted by atomic mass is 32.2. The molecule has 0 unspecified atom stereocenters. The van der Waals surface area contributed by atoms with Gasteiger partial charge in [0.15, 0.2) is 5.69 Å². The van der Waals surface area contributed by atoms with Crippen LogP contribution in [0.5, 0.6) is 0 Å². The van der Waals surface area contributed by atoms with Crippen molar-refractivity contribution in [1.29, 1.82) is 0 Å². The minimum Gasteiger partial charge on any atom is -0.351 e. The Bertz CT molecular complexity index is 1120. The van der Waals surface area contributed by atoms with Gasteiger partial charge in [0.05, 0.1) is 18.1 Å². The number of piperidine rings is 1. The second-order valence-electron chi connectivity index (χ2n) is 7.64. The third kappa shape index (κ3) is 4.39. The smallest absolute Gasteiger partial charge is 0.272 e. The van der Waals surface area contributed by atoms with Gasteiger partial charge in [0.25, 0.3) is 5.91 Å². The third-order valence-electron chi connectivity index (χ3n) is 5.45. The first-order valence-electron chi connectivity index (χ1n) is 10.1. The first-order chi connectivity index (χ1) is 14.4. The second kappa shape index (κ2) is 8.57. The molecule has 0 spiro atoms. The summed E-state index contributed by atoms with van der Waals surface area (Å²) >= 11 is 0. The fourth-order valence-corrected chi connectivity index (χ4v) is 4.85. The highest BCUT2D eigenvalue weighted by Crippen LogP contribution is 2.29. The summed E-state index contributed by atoms with van der Waals surface area (Å²) in [5.41, 5.74) is 1.11. The SMILES string of the molecule is CS(=O)(=O)N1CCC[C@H](c2nc(C(=O)NCCCn3ccnc3)c3ccccn23)C1. The molecule has 0 aliphatic carbocycles. The number of imidazole rings is 2. The Morgan fingerprint density at radius 1 is 1.30 bits per heavy atom. The van der Waals surface area contributed by atoms with Crippen LogP contribution in [0.2, 0.25) is 0 Å². The first-order valence-corrected chi connectivity index (χ1v) is 11.9. The van der Waals surface area contributed by atoms with Crippen molar-refractivity contribution in [3.05, 3.63) is 54.6 Å². The predicted molar refractivity (Wildman–Crippen MR) is 113 cm³/mol. The molecule has 1 aliphatic heterocycles. The molecule has 3 aromatic rings. The number of aromatic nitrogens is 4. The Morgan fingerprint density at radius 2 is 2.17 bits per heavy atom. The van der Waals surface area contributed by atoms with Gasteiger partial charge in [-0.05, 0) is 31.4 Å². The molecule has 9 nitrogen and oxygen atoms in total. The quantitative estimate of drug-likeness (QED) is 0.572. The molecule has 3 aromatic heterocycles. The summed E-state index contributed by atoms with van der Waals surface area (Å²) in [6.07, 6.45) is 10.9.